The first-order valence-electron chi connectivity index (χ1n) is 18.7. The first kappa shape index (κ1) is 33.0. The molecule has 0 saturated carbocycles. The first-order chi connectivity index (χ1) is 27.7. The molecule has 0 radical (unpaired) electrons. The molecule has 0 aliphatic heterocycles. The Morgan fingerprint density at radius 1 is 0.304 bits per heavy atom. The van der Waals surface area contributed by atoms with E-state index in [2.05, 4.69) is 126 Å². The third-order valence-electron chi connectivity index (χ3n) is 10.2. The number of hydrogen-bond acceptors (Lipinski definition) is 5. The van der Waals surface area contributed by atoms with Crippen LogP contribution in [-0.4, -0.2) is 15.0 Å². The molecule has 0 atom stereocenters. The molecule has 2 heterocycles. The number of aromatic nitrogens is 3. The molecule has 0 bridgehead atoms. The van der Waals surface area contributed by atoms with Gasteiger partial charge in [-0.15, -0.1) is 0 Å². The van der Waals surface area contributed by atoms with Crippen LogP contribution in [0.15, 0.2) is 211 Å². The molecule has 0 aliphatic carbocycles. The summed E-state index contributed by atoms with van der Waals surface area (Å²) in [7, 11) is 0. The Labute approximate surface area is 324 Å². The van der Waals surface area contributed by atoms with Gasteiger partial charge in [0.05, 0.1) is 11.1 Å². The number of para-hydroxylation sites is 1. The van der Waals surface area contributed by atoms with Gasteiger partial charge in [0, 0.05) is 33.5 Å². The number of anilines is 3. The van der Waals surface area contributed by atoms with E-state index in [0.29, 0.717) is 17.5 Å². The van der Waals surface area contributed by atoms with Gasteiger partial charge >= 0.3 is 0 Å². The van der Waals surface area contributed by atoms with Crippen LogP contribution in [0.3, 0.4) is 0 Å². The van der Waals surface area contributed by atoms with Crippen molar-refractivity contribution >= 4 is 39.0 Å². The molecule has 0 spiro atoms. The lowest BCUT2D eigenvalue weighted by Gasteiger charge is -2.26. The second-order valence-electron chi connectivity index (χ2n) is 13.7. The zero-order chi connectivity index (χ0) is 37.3. The molecule has 2 aromatic heterocycles. The zero-order valence-corrected chi connectivity index (χ0v) is 30.3. The number of rotatable bonds is 8. The van der Waals surface area contributed by atoms with Gasteiger partial charge in [-0.05, 0) is 64.7 Å². The van der Waals surface area contributed by atoms with Gasteiger partial charge in [-0.2, -0.15) is 0 Å². The fraction of sp³-hybridized carbons (Fsp3) is 0. The van der Waals surface area contributed by atoms with E-state index in [1.54, 1.807) is 0 Å². The van der Waals surface area contributed by atoms with Crippen molar-refractivity contribution in [3.05, 3.63) is 206 Å². The number of nitrogens with zero attached hydrogens (tertiary/aromatic N) is 4. The lowest BCUT2D eigenvalue weighted by molar-refractivity contribution is 0.669. The highest BCUT2D eigenvalue weighted by Crippen LogP contribution is 2.43. The van der Waals surface area contributed by atoms with Crippen molar-refractivity contribution in [1.82, 2.24) is 15.0 Å². The molecule has 0 aliphatic rings. The van der Waals surface area contributed by atoms with Gasteiger partial charge in [0.1, 0.15) is 11.2 Å². The SMILES string of the molecule is c1ccc(-c2ccc(N(c3ccc(-c4ccc(-c5nc(-c6ccccc6)nc(-c6ccccc6)n5)cc4)cc3)c3cccc4oc5ccccc5c34)cc2)cc1. The summed E-state index contributed by atoms with van der Waals surface area (Å²) in [6.07, 6.45) is 0. The first-order valence-corrected chi connectivity index (χ1v) is 18.7. The predicted molar refractivity (Wildman–Crippen MR) is 229 cm³/mol. The van der Waals surface area contributed by atoms with Gasteiger partial charge in [0.25, 0.3) is 0 Å². The molecule has 264 valence electrons. The van der Waals surface area contributed by atoms with Crippen LogP contribution in [0.2, 0.25) is 0 Å². The maximum Gasteiger partial charge on any atom is 0.164 e. The molecule has 0 unspecified atom stereocenters. The van der Waals surface area contributed by atoms with Gasteiger partial charge in [-0.3, -0.25) is 0 Å². The van der Waals surface area contributed by atoms with Crippen molar-refractivity contribution in [3.63, 3.8) is 0 Å². The molecule has 10 aromatic rings. The highest BCUT2D eigenvalue weighted by atomic mass is 16.3. The topological polar surface area (TPSA) is 55.1 Å². The number of benzene rings is 8. The Bertz CT molecular complexity index is 2870. The van der Waals surface area contributed by atoms with Crippen molar-refractivity contribution in [2.24, 2.45) is 0 Å². The Kier molecular flexibility index (Phi) is 8.43. The van der Waals surface area contributed by atoms with Crippen molar-refractivity contribution < 1.29 is 4.42 Å². The second-order valence-corrected chi connectivity index (χ2v) is 13.7. The van der Waals surface area contributed by atoms with Crippen LogP contribution in [0.4, 0.5) is 17.1 Å². The lowest BCUT2D eigenvalue weighted by atomic mass is 10.0. The van der Waals surface area contributed by atoms with Crippen molar-refractivity contribution in [1.29, 1.82) is 0 Å². The molecule has 0 fully saturated rings. The summed E-state index contributed by atoms with van der Waals surface area (Å²) in [5.74, 6) is 1.93. The third-order valence-corrected chi connectivity index (χ3v) is 10.2. The van der Waals surface area contributed by atoms with Crippen molar-refractivity contribution in [3.8, 4) is 56.4 Å². The zero-order valence-electron chi connectivity index (χ0n) is 30.3. The van der Waals surface area contributed by atoms with E-state index in [9.17, 15) is 0 Å². The summed E-state index contributed by atoms with van der Waals surface area (Å²) >= 11 is 0. The molecule has 5 nitrogen and oxygen atoms in total. The summed E-state index contributed by atoms with van der Waals surface area (Å²) < 4.78 is 6.33. The fourth-order valence-corrected chi connectivity index (χ4v) is 7.36. The molecule has 0 saturated heterocycles. The normalized spacial score (nSPS) is 11.2. The van der Waals surface area contributed by atoms with Gasteiger partial charge in [-0.25, -0.2) is 15.0 Å². The number of hydrogen-bond donors (Lipinski definition) is 0. The average Bonchev–Trinajstić information content (AvgIpc) is 3.67. The van der Waals surface area contributed by atoms with Crippen LogP contribution in [0.25, 0.3) is 78.4 Å². The highest BCUT2D eigenvalue weighted by Gasteiger charge is 2.20. The van der Waals surface area contributed by atoms with E-state index in [-0.39, 0.29) is 0 Å². The predicted octanol–water partition coefficient (Wildman–Crippen LogP) is 13.6. The summed E-state index contributed by atoms with van der Waals surface area (Å²) in [5, 5.41) is 2.17. The molecular weight excluding hydrogens is 685 g/mol. The fourth-order valence-electron chi connectivity index (χ4n) is 7.36. The number of fused-ring (bicyclic) bond motifs is 3. The number of furan rings is 1. The quantitative estimate of drug-likeness (QED) is 0.157. The van der Waals surface area contributed by atoms with E-state index in [1.165, 1.54) is 11.1 Å². The molecule has 8 aromatic carbocycles. The Hall–Kier alpha value is -7.63. The van der Waals surface area contributed by atoms with Crippen LogP contribution >= 0.6 is 0 Å². The summed E-state index contributed by atoms with van der Waals surface area (Å²) in [4.78, 5) is 17.0. The molecule has 0 amide bonds. The maximum atomic E-state index is 6.33. The van der Waals surface area contributed by atoms with Crippen LogP contribution in [0.5, 0.6) is 0 Å². The molecule has 56 heavy (non-hydrogen) atoms. The van der Waals surface area contributed by atoms with Crippen molar-refractivity contribution in [2.45, 2.75) is 0 Å². The van der Waals surface area contributed by atoms with Crippen LogP contribution in [0.1, 0.15) is 0 Å². The minimum absolute atomic E-state index is 0.634. The smallest absolute Gasteiger partial charge is 0.164 e. The van der Waals surface area contributed by atoms with Gasteiger partial charge in [-0.1, -0.05) is 164 Å². The summed E-state index contributed by atoms with van der Waals surface area (Å²) in [6, 6.07) is 71.1. The van der Waals surface area contributed by atoms with E-state index in [4.69, 9.17) is 19.4 Å². The summed E-state index contributed by atoms with van der Waals surface area (Å²) in [6.45, 7) is 0. The lowest BCUT2D eigenvalue weighted by Crippen LogP contribution is -2.10. The Morgan fingerprint density at radius 3 is 1.20 bits per heavy atom. The highest BCUT2D eigenvalue weighted by molar-refractivity contribution is 6.13. The maximum absolute atomic E-state index is 6.33. The summed E-state index contributed by atoms with van der Waals surface area (Å²) in [5.41, 5.74) is 12.3. The largest absolute Gasteiger partial charge is 0.456 e. The van der Waals surface area contributed by atoms with Crippen LogP contribution in [0, 0.1) is 0 Å². The average molecular weight is 719 g/mol. The van der Waals surface area contributed by atoms with Crippen molar-refractivity contribution in [2.75, 3.05) is 4.90 Å². The molecule has 5 heteroatoms. The minimum Gasteiger partial charge on any atom is -0.456 e. The van der Waals surface area contributed by atoms with E-state index >= 15 is 0 Å². The minimum atomic E-state index is 0.634. The van der Waals surface area contributed by atoms with Crippen LogP contribution in [-0.2, 0) is 0 Å². The van der Waals surface area contributed by atoms with E-state index in [0.717, 1.165) is 66.8 Å². The molecule has 0 N–H and O–H groups in total. The van der Waals surface area contributed by atoms with Crippen LogP contribution < -0.4 is 4.90 Å². The van der Waals surface area contributed by atoms with Gasteiger partial charge in [0.2, 0.25) is 0 Å². The monoisotopic (exact) mass is 718 g/mol. The van der Waals surface area contributed by atoms with Gasteiger partial charge in [0.15, 0.2) is 17.5 Å². The standard InChI is InChI=1S/C51H34N4O/c1-4-13-35(14-5-1)37-27-31-42(32-28-37)55(45-20-12-22-47-48(45)44-19-10-11-21-46(44)56-47)43-33-29-38(30-34-43)36-23-25-41(26-24-36)51-53-49(39-15-6-2-7-16-39)52-50(54-51)40-17-8-3-9-18-40/h1-34H. The Morgan fingerprint density at radius 2 is 0.679 bits per heavy atom. The van der Waals surface area contributed by atoms with E-state index < -0.39 is 0 Å². The second kappa shape index (κ2) is 14.3. The third kappa shape index (κ3) is 6.27. The van der Waals surface area contributed by atoms with Gasteiger partial charge < -0.3 is 9.32 Å². The molecular formula is C51H34N4O. The Balaban J connectivity index is 1.02. The molecule has 10 rings (SSSR count). The van der Waals surface area contributed by atoms with E-state index in [1.807, 2.05) is 84.9 Å².